The number of esters is 1. The maximum absolute atomic E-state index is 12.7. The lowest BCUT2D eigenvalue weighted by atomic mass is 9.97. The van der Waals surface area contributed by atoms with Gasteiger partial charge in [-0.15, -0.1) is 0 Å². The Labute approximate surface area is 107 Å². The molecule has 0 saturated carbocycles. The molecule has 0 fully saturated rings. The van der Waals surface area contributed by atoms with Gasteiger partial charge in [0, 0.05) is 13.0 Å². The van der Waals surface area contributed by atoms with Gasteiger partial charge in [-0.25, -0.2) is 9.78 Å². The molecule has 1 aliphatic heterocycles. The van der Waals surface area contributed by atoms with Gasteiger partial charge >= 0.3 is 12.1 Å². The van der Waals surface area contributed by atoms with Crippen molar-refractivity contribution in [2.75, 3.05) is 12.3 Å². The van der Waals surface area contributed by atoms with Crippen LogP contribution in [0, 0.1) is 5.92 Å². The van der Waals surface area contributed by atoms with Crippen molar-refractivity contribution in [3.63, 3.8) is 0 Å². The zero-order chi connectivity index (χ0) is 14.2. The Morgan fingerprint density at radius 1 is 1.58 bits per heavy atom. The van der Waals surface area contributed by atoms with Crippen LogP contribution in [0.2, 0.25) is 0 Å². The molecule has 0 radical (unpaired) electrons. The number of hydrogen-bond donors (Lipinski definition) is 1. The molecule has 2 N–H and O–H groups in total. The number of carbonyl (C=O) groups excluding carboxylic acids is 1. The lowest BCUT2D eigenvalue weighted by molar-refractivity contribution is -0.179. The van der Waals surface area contributed by atoms with E-state index < -0.39 is 18.1 Å². The number of nitrogens with zero attached hydrogens (tertiary/aromatic N) is 2. The van der Waals surface area contributed by atoms with Crippen LogP contribution in [0.4, 0.5) is 19.0 Å². The van der Waals surface area contributed by atoms with Crippen LogP contribution in [0.3, 0.4) is 0 Å². The maximum atomic E-state index is 12.7. The summed E-state index contributed by atoms with van der Waals surface area (Å²) in [4.78, 5) is 15.5. The Kier molecular flexibility index (Phi) is 3.42. The van der Waals surface area contributed by atoms with Crippen LogP contribution in [0.1, 0.15) is 29.7 Å². The molecule has 8 heteroatoms. The average Bonchev–Trinajstić information content (AvgIpc) is 2.62. The summed E-state index contributed by atoms with van der Waals surface area (Å²) in [6.07, 6.45) is -4.60. The first-order valence-corrected chi connectivity index (χ1v) is 5.93. The number of carbonyl (C=O) groups is 1. The summed E-state index contributed by atoms with van der Waals surface area (Å²) in [7, 11) is 0. The first-order valence-electron chi connectivity index (χ1n) is 5.93. The Hall–Kier alpha value is -1.73. The summed E-state index contributed by atoms with van der Waals surface area (Å²) >= 11 is 0. The smallest absolute Gasteiger partial charge is 0.392 e. The molecule has 0 amide bonds. The minimum atomic E-state index is -4.25. The summed E-state index contributed by atoms with van der Waals surface area (Å²) < 4.78 is 44.2. The van der Waals surface area contributed by atoms with E-state index in [4.69, 9.17) is 10.5 Å². The molecule has 0 spiro atoms. The molecule has 0 aromatic carbocycles. The maximum Gasteiger partial charge on any atom is 0.392 e. The molecule has 106 valence electrons. The van der Waals surface area contributed by atoms with Gasteiger partial charge in [-0.3, -0.25) is 0 Å². The number of fused-ring (bicyclic) bond motifs is 1. The zero-order valence-electron chi connectivity index (χ0n) is 10.3. The van der Waals surface area contributed by atoms with Gasteiger partial charge < -0.3 is 15.0 Å². The number of rotatable bonds is 2. The quantitative estimate of drug-likeness (QED) is 0.836. The lowest BCUT2D eigenvalue weighted by Crippen LogP contribution is -2.32. The van der Waals surface area contributed by atoms with Crippen molar-refractivity contribution < 1.29 is 22.7 Å². The van der Waals surface area contributed by atoms with Crippen LogP contribution in [0.15, 0.2) is 0 Å². The molecule has 1 atom stereocenters. The SMILES string of the molecule is CCOC(=O)c1c(N)nc2n1CCC(C(F)(F)F)C2. The molecule has 5 nitrogen and oxygen atoms in total. The van der Waals surface area contributed by atoms with E-state index in [-0.39, 0.29) is 43.3 Å². The molecule has 1 unspecified atom stereocenters. The highest BCUT2D eigenvalue weighted by molar-refractivity contribution is 5.92. The summed E-state index contributed by atoms with van der Waals surface area (Å²) in [6, 6.07) is 0. The second-order valence-electron chi connectivity index (χ2n) is 4.37. The highest BCUT2D eigenvalue weighted by Crippen LogP contribution is 2.36. The molecule has 2 rings (SSSR count). The van der Waals surface area contributed by atoms with Crippen molar-refractivity contribution in [2.24, 2.45) is 5.92 Å². The first kappa shape index (κ1) is 13.7. The normalized spacial score (nSPS) is 19.1. The van der Waals surface area contributed by atoms with E-state index in [2.05, 4.69) is 4.98 Å². The Bertz CT molecular complexity index is 496. The van der Waals surface area contributed by atoms with Crippen molar-refractivity contribution in [1.82, 2.24) is 9.55 Å². The highest BCUT2D eigenvalue weighted by atomic mass is 19.4. The number of imidazole rings is 1. The Balaban J connectivity index is 2.30. The second-order valence-corrected chi connectivity index (χ2v) is 4.37. The van der Waals surface area contributed by atoms with Crippen molar-refractivity contribution in [2.45, 2.75) is 32.5 Å². The van der Waals surface area contributed by atoms with E-state index >= 15 is 0 Å². The Morgan fingerprint density at radius 3 is 2.84 bits per heavy atom. The molecule has 1 aromatic rings. The fraction of sp³-hybridized carbons (Fsp3) is 0.636. The summed E-state index contributed by atoms with van der Waals surface area (Å²) in [5.74, 6) is -1.97. The number of ether oxygens (including phenoxy) is 1. The number of halogens is 3. The third kappa shape index (κ3) is 2.52. The van der Waals surface area contributed by atoms with E-state index in [9.17, 15) is 18.0 Å². The van der Waals surface area contributed by atoms with E-state index in [1.54, 1.807) is 6.92 Å². The van der Waals surface area contributed by atoms with Crippen molar-refractivity contribution in [3.8, 4) is 0 Å². The van der Waals surface area contributed by atoms with Gasteiger partial charge in [-0.2, -0.15) is 13.2 Å². The molecular weight excluding hydrogens is 263 g/mol. The number of nitrogen functional groups attached to an aromatic ring is 1. The topological polar surface area (TPSA) is 70.1 Å². The van der Waals surface area contributed by atoms with Crippen LogP contribution in [0.25, 0.3) is 0 Å². The van der Waals surface area contributed by atoms with E-state index in [1.807, 2.05) is 0 Å². The van der Waals surface area contributed by atoms with E-state index in [0.717, 1.165) is 0 Å². The number of nitrogens with two attached hydrogens (primary N) is 1. The van der Waals surface area contributed by atoms with Crippen LogP contribution in [-0.4, -0.2) is 28.3 Å². The number of anilines is 1. The number of alkyl halides is 3. The third-order valence-electron chi connectivity index (χ3n) is 3.14. The van der Waals surface area contributed by atoms with Gasteiger partial charge in [0.1, 0.15) is 5.82 Å². The van der Waals surface area contributed by atoms with E-state index in [1.165, 1.54) is 4.57 Å². The van der Waals surface area contributed by atoms with Crippen LogP contribution >= 0.6 is 0 Å². The minimum Gasteiger partial charge on any atom is -0.461 e. The minimum absolute atomic E-state index is 0.0532. The lowest BCUT2D eigenvalue weighted by Gasteiger charge is -2.25. The molecule has 1 aromatic heterocycles. The molecule has 2 heterocycles. The standard InChI is InChI=1S/C11H14F3N3O2/c1-2-19-10(18)8-9(15)16-7-5-6(11(12,13)14)3-4-17(7)8/h6H,2-5,15H2,1H3. The molecule has 0 saturated heterocycles. The molecule has 19 heavy (non-hydrogen) atoms. The van der Waals surface area contributed by atoms with Crippen molar-refractivity contribution in [1.29, 1.82) is 0 Å². The highest BCUT2D eigenvalue weighted by Gasteiger charge is 2.43. The summed E-state index contributed by atoms with van der Waals surface area (Å²) in [5.41, 5.74) is 5.65. The van der Waals surface area contributed by atoms with Crippen LogP contribution in [-0.2, 0) is 17.7 Å². The zero-order valence-corrected chi connectivity index (χ0v) is 10.3. The average molecular weight is 277 g/mol. The summed E-state index contributed by atoms with van der Waals surface area (Å²) in [5, 5.41) is 0. The van der Waals surface area contributed by atoms with Crippen LogP contribution in [0.5, 0.6) is 0 Å². The number of hydrogen-bond acceptors (Lipinski definition) is 4. The van der Waals surface area contributed by atoms with Gasteiger partial charge in [0.25, 0.3) is 0 Å². The van der Waals surface area contributed by atoms with Gasteiger partial charge in [0.2, 0.25) is 0 Å². The van der Waals surface area contributed by atoms with Gasteiger partial charge in [-0.1, -0.05) is 0 Å². The van der Waals surface area contributed by atoms with Gasteiger partial charge in [0.05, 0.1) is 12.5 Å². The van der Waals surface area contributed by atoms with Crippen LogP contribution < -0.4 is 5.73 Å². The molecule has 0 aliphatic carbocycles. The van der Waals surface area contributed by atoms with Gasteiger partial charge in [0.15, 0.2) is 11.5 Å². The fourth-order valence-electron chi connectivity index (χ4n) is 2.22. The second kappa shape index (κ2) is 4.75. The predicted molar refractivity (Wildman–Crippen MR) is 60.5 cm³/mol. The number of aromatic nitrogens is 2. The predicted octanol–water partition coefficient (Wildman–Crippen LogP) is 1.77. The van der Waals surface area contributed by atoms with Crippen molar-refractivity contribution >= 4 is 11.8 Å². The van der Waals surface area contributed by atoms with Gasteiger partial charge in [-0.05, 0) is 13.3 Å². The van der Waals surface area contributed by atoms with Crippen molar-refractivity contribution in [3.05, 3.63) is 11.5 Å². The van der Waals surface area contributed by atoms with E-state index in [0.29, 0.717) is 0 Å². The molecule has 1 aliphatic rings. The molecular formula is C11H14F3N3O2. The first-order chi connectivity index (χ1) is 8.84. The monoisotopic (exact) mass is 277 g/mol. The molecule has 0 bridgehead atoms. The largest absolute Gasteiger partial charge is 0.461 e. The Morgan fingerprint density at radius 2 is 2.26 bits per heavy atom. The fourth-order valence-corrected chi connectivity index (χ4v) is 2.22. The summed E-state index contributed by atoms with van der Waals surface area (Å²) in [6.45, 7) is 1.88. The third-order valence-corrected chi connectivity index (χ3v) is 3.14.